The molecule has 0 radical (unpaired) electrons. The first-order chi connectivity index (χ1) is 14.0. The Balaban J connectivity index is 1.52. The molecule has 0 saturated carbocycles. The van der Waals surface area contributed by atoms with Gasteiger partial charge in [0.2, 0.25) is 5.91 Å². The molecule has 1 aliphatic heterocycles. The molecule has 152 valence electrons. The summed E-state index contributed by atoms with van der Waals surface area (Å²) in [4.78, 5) is 29.1. The second-order valence-corrected chi connectivity index (χ2v) is 7.51. The molecule has 1 amide bonds. The second kappa shape index (κ2) is 9.41. The molecule has 0 bridgehead atoms. The lowest BCUT2D eigenvalue weighted by Crippen LogP contribution is -2.39. The van der Waals surface area contributed by atoms with Crippen molar-refractivity contribution in [2.45, 2.75) is 12.8 Å². The highest BCUT2D eigenvalue weighted by atomic mass is 16.5. The van der Waals surface area contributed by atoms with Crippen molar-refractivity contribution in [3.05, 3.63) is 65.7 Å². The Bertz CT molecular complexity index is 862. The SMILES string of the molecule is COc1ccc(C(=O)C2CCN(C(=O)/C=C/c3ccc(N(C)C)cc3)CC2)cc1. The molecule has 0 aromatic heterocycles. The topological polar surface area (TPSA) is 49.9 Å². The van der Waals surface area contributed by atoms with Crippen molar-refractivity contribution < 1.29 is 14.3 Å². The van der Waals surface area contributed by atoms with Crippen molar-refractivity contribution in [1.82, 2.24) is 4.90 Å². The number of carbonyl (C=O) groups is 2. The van der Waals surface area contributed by atoms with Crippen molar-refractivity contribution in [1.29, 1.82) is 0 Å². The van der Waals surface area contributed by atoms with E-state index in [1.807, 2.05) is 78.5 Å². The number of anilines is 1. The van der Waals surface area contributed by atoms with Crippen LogP contribution >= 0.6 is 0 Å². The predicted molar refractivity (Wildman–Crippen MR) is 116 cm³/mol. The summed E-state index contributed by atoms with van der Waals surface area (Å²) in [6, 6.07) is 15.3. The molecule has 29 heavy (non-hydrogen) atoms. The number of likely N-dealkylation sites (tertiary alicyclic amines) is 1. The van der Waals surface area contributed by atoms with E-state index in [9.17, 15) is 9.59 Å². The number of nitrogens with zero attached hydrogens (tertiary/aromatic N) is 2. The van der Waals surface area contributed by atoms with Gasteiger partial charge in [0.1, 0.15) is 5.75 Å². The van der Waals surface area contributed by atoms with Crippen LogP contribution in [0.25, 0.3) is 6.08 Å². The number of methoxy groups -OCH3 is 1. The number of hydrogen-bond acceptors (Lipinski definition) is 4. The number of ketones is 1. The lowest BCUT2D eigenvalue weighted by molar-refractivity contribution is -0.127. The molecule has 1 heterocycles. The number of carbonyl (C=O) groups excluding carboxylic acids is 2. The van der Waals surface area contributed by atoms with E-state index < -0.39 is 0 Å². The van der Waals surface area contributed by atoms with Crippen LogP contribution in [-0.2, 0) is 4.79 Å². The molecule has 0 atom stereocenters. The lowest BCUT2D eigenvalue weighted by atomic mass is 9.89. The predicted octanol–water partition coefficient (Wildman–Crippen LogP) is 3.90. The van der Waals surface area contributed by atoms with Crippen LogP contribution in [0.3, 0.4) is 0 Å². The molecular formula is C24H28N2O3. The number of Topliss-reactive ketones (excluding diaryl/α,β-unsaturated/α-hetero) is 1. The van der Waals surface area contributed by atoms with Crippen LogP contribution in [-0.4, -0.2) is 50.9 Å². The van der Waals surface area contributed by atoms with E-state index in [-0.39, 0.29) is 17.6 Å². The van der Waals surface area contributed by atoms with Crippen LogP contribution in [0.4, 0.5) is 5.69 Å². The number of amides is 1. The fraction of sp³-hybridized carbons (Fsp3) is 0.333. The van der Waals surface area contributed by atoms with E-state index in [0.29, 0.717) is 31.5 Å². The van der Waals surface area contributed by atoms with Gasteiger partial charge in [-0.05, 0) is 60.9 Å². The highest BCUT2D eigenvalue weighted by Crippen LogP contribution is 2.23. The van der Waals surface area contributed by atoms with Gasteiger partial charge in [0, 0.05) is 50.4 Å². The van der Waals surface area contributed by atoms with Crippen molar-refractivity contribution >= 4 is 23.5 Å². The summed E-state index contributed by atoms with van der Waals surface area (Å²) in [7, 11) is 5.60. The van der Waals surface area contributed by atoms with Crippen molar-refractivity contribution in [3.8, 4) is 5.75 Å². The summed E-state index contributed by atoms with van der Waals surface area (Å²) in [5, 5.41) is 0. The minimum atomic E-state index is -0.0324. The molecule has 2 aromatic rings. The fourth-order valence-corrected chi connectivity index (χ4v) is 3.51. The van der Waals surface area contributed by atoms with Crippen LogP contribution in [0, 0.1) is 5.92 Å². The smallest absolute Gasteiger partial charge is 0.246 e. The van der Waals surface area contributed by atoms with E-state index >= 15 is 0 Å². The van der Waals surface area contributed by atoms with Gasteiger partial charge in [-0.3, -0.25) is 9.59 Å². The Kier molecular flexibility index (Phi) is 6.70. The maximum absolute atomic E-state index is 12.7. The third-order valence-corrected chi connectivity index (χ3v) is 5.38. The molecular weight excluding hydrogens is 364 g/mol. The van der Waals surface area contributed by atoms with Gasteiger partial charge in [-0.25, -0.2) is 0 Å². The van der Waals surface area contributed by atoms with Gasteiger partial charge in [-0.1, -0.05) is 12.1 Å². The van der Waals surface area contributed by atoms with E-state index in [4.69, 9.17) is 4.74 Å². The van der Waals surface area contributed by atoms with Gasteiger partial charge < -0.3 is 14.5 Å². The molecule has 3 rings (SSSR count). The molecule has 0 spiro atoms. The van der Waals surface area contributed by atoms with Gasteiger partial charge in [0.15, 0.2) is 5.78 Å². The van der Waals surface area contributed by atoms with E-state index in [2.05, 4.69) is 0 Å². The van der Waals surface area contributed by atoms with Crippen molar-refractivity contribution in [2.75, 3.05) is 39.2 Å². The fourth-order valence-electron chi connectivity index (χ4n) is 3.51. The molecule has 0 aliphatic carbocycles. The van der Waals surface area contributed by atoms with Crippen molar-refractivity contribution in [3.63, 3.8) is 0 Å². The average Bonchev–Trinajstić information content (AvgIpc) is 2.77. The van der Waals surface area contributed by atoms with Gasteiger partial charge in [0.25, 0.3) is 0 Å². The van der Waals surface area contributed by atoms with Gasteiger partial charge in [-0.15, -0.1) is 0 Å². The molecule has 5 heteroatoms. The third-order valence-electron chi connectivity index (χ3n) is 5.38. The first-order valence-corrected chi connectivity index (χ1v) is 9.90. The highest BCUT2D eigenvalue weighted by molar-refractivity contribution is 5.98. The standard InChI is InChI=1S/C24H28N2O3/c1-25(2)21-9-4-18(5-10-21)6-13-23(27)26-16-14-20(15-17-26)24(28)19-7-11-22(29-3)12-8-19/h4-13,20H,14-17H2,1-3H3/b13-6+. The molecule has 2 aromatic carbocycles. The number of hydrogen-bond donors (Lipinski definition) is 0. The zero-order valence-electron chi connectivity index (χ0n) is 17.3. The molecule has 0 N–H and O–H groups in total. The minimum Gasteiger partial charge on any atom is -0.497 e. The van der Waals surface area contributed by atoms with Gasteiger partial charge in [0.05, 0.1) is 7.11 Å². The van der Waals surface area contributed by atoms with E-state index in [0.717, 1.165) is 17.0 Å². The van der Waals surface area contributed by atoms with Crippen LogP contribution in [0.1, 0.15) is 28.8 Å². The number of ether oxygens (including phenoxy) is 1. The number of piperidine rings is 1. The van der Waals surface area contributed by atoms with Crippen LogP contribution in [0.2, 0.25) is 0 Å². The second-order valence-electron chi connectivity index (χ2n) is 7.51. The van der Waals surface area contributed by atoms with Gasteiger partial charge in [-0.2, -0.15) is 0 Å². The quantitative estimate of drug-likeness (QED) is 0.553. The maximum atomic E-state index is 12.7. The first-order valence-electron chi connectivity index (χ1n) is 9.90. The summed E-state index contributed by atoms with van der Waals surface area (Å²) in [5.41, 5.74) is 2.82. The Morgan fingerprint density at radius 2 is 1.62 bits per heavy atom. The van der Waals surface area contributed by atoms with Crippen LogP contribution < -0.4 is 9.64 Å². The minimum absolute atomic E-state index is 0.00275. The first kappa shape index (κ1) is 20.6. The largest absolute Gasteiger partial charge is 0.497 e. The Labute approximate surface area is 172 Å². The molecule has 0 unspecified atom stereocenters. The zero-order valence-corrected chi connectivity index (χ0v) is 17.3. The van der Waals surface area contributed by atoms with Gasteiger partial charge >= 0.3 is 0 Å². The summed E-state index contributed by atoms with van der Waals surface area (Å²) < 4.78 is 5.14. The van der Waals surface area contributed by atoms with E-state index in [1.165, 1.54) is 0 Å². The van der Waals surface area contributed by atoms with E-state index in [1.54, 1.807) is 13.2 Å². The monoisotopic (exact) mass is 392 g/mol. The summed E-state index contributed by atoms with van der Waals surface area (Å²) >= 11 is 0. The normalized spacial score (nSPS) is 14.8. The van der Waals surface area contributed by atoms with Crippen molar-refractivity contribution in [2.24, 2.45) is 5.92 Å². The maximum Gasteiger partial charge on any atom is 0.246 e. The molecule has 1 fully saturated rings. The molecule has 1 aliphatic rings. The molecule has 5 nitrogen and oxygen atoms in total. The average molecular weight is 392 g/mol. The van der Waals surface area contributed by atoms with Crippen LogP contribution in [0.15, 0.2) is 54.6 Å². The third kappa shape index (κ3) is 5.25. The Morgan fingerprint density at radius 1 is 1.00 bits per heavy atom. The Hall–Kier alpha value is -3.08. The zero-order chi connectivity index (χ0) is 20.8. The summed E-state index contributed by atoms with van der Waals surface area (Å²) in [6.07, 6.45) is 4.86. The Morgan fingerprint density at radius 3 is 2.17 bits per heavy atom. The summed E-state index contributed by atoms with van der Waals surface area (Å²) in [6.45, 7) is 1.21. The number of rotatable bonds is 6. The number of benzene rings is 2. The lowest BCUT2D eigenvalue weighted by Gasteiger charge is -2.30. The molecule has 1 saturated heterocycles. The summed E-state index contributed by atoms with van der Waals surface area (Å²) in [5.74, 6) is 0.855. The highest BCUT2D eigenvalue weighted by Gasteiger charge is 2.27. The van der Waals surface area contributed by atoms with Crippen LogP contribution in [0.5, 0.6) is 5.75 Å².